The number of hydrogen-bond acceptors (Lipinski definition) is 2. The summed E-state index contributed by atoms with van der Waals surface area (Å²) in [5.74, 6) is -0.549. The van der Waals surface area contributed by atoms with Crippen molar-refractivity contribution in [1.82, 2.24) is 10.3 Å². The lowest BCUT2D eigenvalue weighted by Gasteiger charge is -2.15. The van der Waals surface area contributed by atoms with Crippen LogP contribution in [0.1, 0.15) is 21.5 Å². The van der Waals surface area contributed by atoms with Crippen LogP contribution in [-0.2, 0) is 12.7 Å². The van der Waals surface area contributed by atoms with Crippen molar-refractivity contribution in [2.24, 2.45) is 0 Å². The minimum absolute atomic E-state index is 0.125. The first-order valence-electron chi connectivity index (χ1n) is 6.02. The van der Waals surface area contributed by atoms with Crippen molar-refractivity contribution in [3.63, 3.8) is 0 Å². The monoisotopic (exact) mass is 348 g/mol. The molecule has 0 radical (unpaired) electrons. The summed E-state index contributed by atoms with van der Waals surface area (Å²) in [4.78, 5) is 15.6. The van der Waals surface area contributed by atoms with Crippen LogP contribution in [0, 0.1) is 0 Å². The SMILES string of the molecule is O=C(NCc1c(Cl)cc(Cl)cc1C(F)(F)F)c1cccnc1. The van der Waals surface area contributed by atoms with E-state index < -0.39 is 17.6 Å². The van der Waals surface area contributed by atoms with Gasteiger partial charge in [-0.3, -0.25) is 9.78 Å². The van der Waals surface area contributed by atoms with Gasteiger partial charge >= 0.3 is 6.18 Å². The summed E-state index contributed by atoms with van der Waals surface area (Å²) < 4.78 is 39.0. The Morgan fingerprint density at radius 1 is 1.27 bits per heavy atom. The van der Waals surface area contributed by atoms with Gasteiger partial charge in [0.05, 0.1) is 11.1 Å². The molecule has 0 unspecified atom stereocenters. The highest BCUT2D eigenvalue weighted by Gasteiger charge is 2.34. The molecule has 0 aliphatic carbocycles. The lowest BCUT2D eigenvalue weighted by atomic mass is 10.1. The first-order chi connectivity index (χ1) is 10.3. The van der Waals surface area contributed by atoms with Crippen LogP contribution in [0.3, 0.4) is 0 Å². The van der Waals surface area contributed by atoms with E-state index in [1.807, 2.05) is 0 Å². The Morgan fingerprint density at radius 3 is 2.59 bits per heavy atom. The van der Waals surface area contributed by atoms with Gasteiger partial charge in [-0.2, -0.15) is 13.2 Å². The van der Waals surface area contributed by atoms with Crippen LogP contribution in [0.2, 0.25) is 10.0 Å². The van der Waals surface area contributed by atoms with Gasteiger partial charge in [0.25, 0.3) is 5.91 Å². The van der Waals surface area contributed by atoms with Crippen LogP contribution in [0.25, 0.3) is 0 Å². The average molecular weight is 349 g/mol. The summed E-state index contributed by atoms with van der Waals surface area (Å²) in [5.41, 5.74) is -0.978. The minimum atomic E-state index is -4.62. The summed E-state index contributed by atoms with van der Waals surface area (Å²) in [7, 11) is 0. The van der Waals surface area contributed by atoms with Crippen molar-refractivity contribution >= 4 is 29.1 Å². The fraction of sp³-hybridized carbons (Fsp3) is 0.143. The third kappa shape index (κ3) is 3.90. The van der Waals surface area contributed by atoms with Gasteiger partial charge in [-0.1, -0.05) is 23.2 Å². The quantitative estimate of drug-likeness (QED) is 0.896. The predicted molar refractivity (Wildman–Crippen MR) is 76.9 cm³/mol. The van der Waals surface area contributed by atoms with Gasteiger partial charge in [-0.05, 0) is 24.3 Å². The third-order valence-corrected chi connectivity index (χ3v) is 3.37. The fourth-order valence-electron chi connectivity index (χ4n) is 1.80. The number of carbonyl (C=O) groups is 1. The number of nitrogens with zero attached hydrogens (tertiary/aromatic N) is 1. The summed E-state index contributed by atoms with van der Waals surface area (Å²) in [6, 6.07) is 5.02. The molecule has 0 aliphatic heterocycles. The second-order valence-electron chi connectivity index (χ2n) is 4.34. The zero-order valence-corrected chi connectivity index (χ0v) is 12.4. The number of benzene rings is 1. The molecule has 0 fully saturated rings. The zero-order chi connectivity index (χ0) is 16.3. The lowest BCUT2D eigenvalue weighted by molar-refractivity contribution is -0.138. The average Bonchev–Trinajstić information content (AvgIpc) is 2.45. The maximum Gasteiger partial charge on any atom is 0.416 e. The summed E-state index contributed by atoms with van der Waals surface area (Å²) >= 11 is 11.4. The number of halogens is 5. The molecule has 0 aliphatic rings. The van der Waals surface area contributed by atoms with E-state index in [1.54, 1.807) is 6.07 Å². The Bertz CT molecular complexity index is 690. The molecule has 1 aromatic carbocycles. The highest BCUT2D eigenvalue weighted by atomic mass is 35.5. The molecule has 116 valence electrons. The van der Waals surface area contributed by atoms with E-state index in [1.165, 1.54) is 24.5 Å². The lowest BCUT2D eigenvalue weighted by Crippen LogP contribution is -2.25. The van der Waals surface area contributed by atoms with Crippen molar-refractivity contribution in [2.45, 2.75) is 12.7 Å². The summed E-state index contributed by atoms with van der Waals surface area (Å²) in [5, 5.41) is 2.10. The number of alkyl halides is 3. The van der Waals surface area contributed by atoms with Gasteiger partial charge in [-0.25, -0.2) is 0 Å². The Balaban J connectivity index is 2.25. The number of amides is 1. The summed E-state index contributed by atoms with van der Waals surface area (Å²) in [6.45, 7) is -0.376. The molecule has 0 bridgehead atoms. The van der Waals surface area contributed by atoms with Crippen LogP contribution < -0.4 is 5.32 Å². The molecule has 0 saturated carbocycles. The van der Waals surface area contributed by atoms with Crippen molar-refractivity contribution in [2.75, 3.05) is 0 Å². The van der Waals surface area contributed by atoms with Crippen LogP contribution in [0.5, 0.6) is 0 Å². The molecule has 0 atom stereocenters. The normalized spacial score (nSPS) is 11.3. The van der Waals surface area contributed by atoms with Crippen molar-refractivity contribution in [1.29, 1.82) is 0 Å². The molecule has 8 heteroatoms. The Labute approximate surface area is 134 Å². The molecule has 2 rings (SSSR count). The van der Waals surface area contributed by atoms with Gasteiger partial charge < -0.3 is 5.32 Å². The van der Waals surface area contributed by atoms with Crippen LogP contribution >= 0.6 is 23.2 Å². The summed E-state index contributed by atoms with van der Waals surface area (Å²) in [6.07, 6.45) is -1.83. The maximum absolute atomic E-state index is 13.0. The fourth-order valence-corrected chi connectivity index (χ4v) is 2.36. The predicted octanol–water partition coefficient (Wildman–Crippen LogP) is 4.34. The molecule has 0 saturated heterocycles. The van der Waals surface area contributed by atoms with Gasteiger partial charge in [-0.15, -0.1) is 0 Å². The molecular formula is C14H9Cl2F3N2O. The Hall–Kier alpha value is -1.79. The number of rotatable bonds is 3. The maximum atomic E-state index is 13.0. The number of carbonyl (C=O) groups excluding carboxylic acids is 1. The molecule has 22 heavy (non-hydrogen) atoms. The van der Waals surface area contributed by atoms with E-state index in [2.05, 4.69) is 10.3 Å². The topological polar surface area (TPSA) is 42.0 Å². The van der Waals surface area contributed by atoms with Crippen molar-refractivity contribution in [3.8, 4) is 0 Å². The van der Waals surface area contributed by atoms with Gasteiger partial charge in [0.1, 0.15) is 0 Å². The van der Waals surface area contributed by atoms with Crippen LogP contribution in [0.15, 0.2) is 36.7 Å². The smallest absolute Gasteiger partial charge is 0.348 e. The van der Waals surface area contributed by atoms with E-state index in [-0.39, 0.29) is 27.7 Å². The molecular weight excluding hydrogens is 340 g/mol. The zero-order valence-electron chi connectivity index (χ0n) is 10.9. The molecule has 1 aromatic heterocycles. The second-order valence-corrected chi connectivity index (χ2v) is 5.18. The number of hydrogen-bond donors (Lipinski definition) is 1. The largest absolute Gasteiger partial charge is 0.416 e. The molecule has 0 spiro atoms. The Morgan fingerprint density at radius 2 is 2.00 bits per heavy atom. The van der Waals surface area contributed by atoms with E-state index in [0.717, 1.165) is 6.07 Å². The number of nitrogens with one attached hydrogen (secondary N) is 1. The Kier molecular flexibility index (Phi) is 4.93. The third-order valence-electron chi connectivity index (χ3n) is 2.82. The van der Waals surface area contributed by atoms with Gasteiger partial charge in [0.15, 0.2) is 0 Å². The minimum Gasteiger partial charge on any atom is -0.348 e. The standard InChI is InChI=1S/C14H9Cl2F3N2O/c15-9-4-11(14(17,18)19)10(12(16)5-9)7-21-13(22)8-2-1-3-20-6-8/h1-6H,7H2,(H,21,22). The molecule has 1 N–H and O–H groups in total. The van der Waals surface area contributed by atoms with Crippen LogP contribution in [-0.4, -0.2) is 10.9 Å². The van der Waals surface area contributed by atoms with E-state index >= 15 is 0 Å². The van der Waals surface area contributed by atoms with E-state index in [9.17, 15) is 18.0 Å². The van der Waals surface area contributed by atoms with Crippen molar-refractivity contribution in [3.05, 3.63) is 63.4 Å². The van der Waals surface area contributed by atoms with Crippen molar-refractivity contribution < 1.29 is 18.0 Å². The second kappa shape index (κ2) is 6.54. The molecule has 3 nitrogen and oxygen atoms in total. The van der Waals surface area contributed by atoms with Gasteiger partial charge in [0.2, 0.25) is 0 Å². The van der Waals surface area contributed by atoms with Gasteiger partial charge in [0, 0.05) is 34.5 Å². The molecule has 1 heterocycles. The van der Waals surface area contributed by atoms with E-state index in [0.29, 0.717) is 0 Å². The van der Waals surface area contributed by atoms with Crippen LogP contribution in [0.4, 0.5) is 13.2 Å². The molecule has 2 aromatic rings. The number of pyridine rings is 1. The first kappa shape index (κ1) is 16.6. The molecule has 1 amide bonds. The highest BCUT2D eigenvalue weighted by Crippen LogP contribution is 2.37. The first-order valence-corrected chi connectivity index (χ1v) is 6.78. The van der Waals surface area contributed by atoms with E-state index in [4.69, 9.17) is 23.2 Å². The number of aromatic nitrogens is 1. The highest BCUT2D eigenvalue weighted by molar-refractivity contribution is 6.35.